The number of imidazole rings is 1. The minimum atomic E-state index is -0.733. The van der Waals surface area contributed by atoms with Gasteiger partial charge in [0.15, 0.2) is 23.5 Å². The van der Waals surface area contributed by atoms with E-state index in [9.17, 15) is 4.79 Å². The molecule has 0 bridgehead atoms. The first-order chi connectivity index (χ1) is 19.2. The van der Waals surface area contributed by atoms with Crippen LogP contribution in [0.4, 0.5) is 10.6 Å². The number of carbonyl (C=O) groups is 1. The monoisotopic (exact) mass is 553 g/mol. The van der Waals surface area contributed by atoms with Crippen molar-refractivity contribution in [3.63, 3.8) is 0 Å². The van der Waals surface area contributed by atoms with Crippen LogP contribution in [0.1, 0.15) is 52.3 Å². The number of fused-ring (bicyclic) bond motifs is 2. The van der Waals surface area contributed by atoms with Crippen molar-refractivity contribution in [2.75, 3.05) is 25.4 Å². The Balaban J connectivity index is 1.15. The second-order valence-corrected chi connectivity index (χ2v) is 11.0. The summed E-state index contributed by atoms with van der Waals surface area (Å²) in [6.45, 7) is 10.5. The normalized spacial score (nSPS) is 23.6. The van der Waals surface area contributed by atoms with E-state index in [1.165, 1.54) is 6.33 Å². The molecule has 0 radical (unpaired) electrons. The fourth-order valence-corrected chi connectivity index (χ4v) is 5.28. The van der Waals surface area contributed by atoms with Crippen molar-refractivity contribution in [3.05, 3.63) is 48.5 Å². The summed E-state index contributed by atoms with van der Waals surface area (Å²) < 4.78 is 26.4. The van der Waals surface area contributed by atoms with Gasteiger partial charge in [-0.15, -0.1) is 0 Å². The Hall–Kier alpha value is -3.32. The van der Waals surface area contributed by atoms with Crippen LogP contribution in [0, 0.1) is 0 Å². The van der Waals surface area contributed by atoms with Crippen LogP contribution in [0.25, 0.3) is 11.2 Å². The zero-order chi connectivity index (χ0) is 28.3. The van der Waals surface area contributed by atoms with E-state index in [1.54, 1.807) is 6.33 Å². The molecule has 2 fully saturated rings. The summed E-state index contributed by atoms with van der Waals surface area (Å²) in [6, 6.07) is 9.93. The average Bonchev–Trinajstić information content (AvgIpc) is 3.58. The van der Waals surface area contributed by atoms with Gasteiger partial charge in [-0.25, -0.2) is 19.7 Å². The lowest BCUT2D eigenvalue weighted by Gasteiger charge is -2.31. The average molecular weight is 554 g/mol. The molecule has 12 nitrogen and oxygen atoms in total. The summed E-state index contributed by atoms with van der Waals surface area (Å²) in [5, 5.41) is 2.84. The highest BCUT2D eigenvalue weighted by atomic mass is 16.8. The van der Waals surface area contributed by atoms with E-state index in [4.69, 9.17) is 24.7 Å². The molecule has 2 aliphatic heterocycles. The van der Waals surface area contributed by atoms with Crippen LogP contribution in [0.3, 0.4) is 0 Å². The minimum absolute atomic E-state index is 0.220. The van der Waals surface area contributed by atoms with E-state index in [0.717, 1.165) is 24.9 Å². The lowest BCUT2D eigenvalue weighted by molar-refractivity contribution is -0.198. The molecular formula is C28H39N7O5. The summed E-state index contributed by atoms with van der Waals surface area (Å²) in [5.74, 6) is -0.410. The summed E-state index contributed by atoms with van der Waals surface area (Å²) in [5.41, 5.74) is 8.10. The molecule has 4 atom stereocenters. The third-order valence-electron chi connectivity index (χ3n) is 7.29. The van der Waals surface area contributed by atoms with Gasteiger partial charge in [-0.3, -0.25) is 9.47 Å². The van der Waals surface area contributed by atoms with Crippen LogP contribution in [0.5, 0.6) is 0 Å². The van der Waals surface area contributed by atoms with Crippen molar-refractivity contribution in [1.29, 1.82) is 0 Å². The van der Waals surface area contributed by atoms with E-state index < -0.39 is 18.1 Å². The number of nitrogens with two attached hydrogens (primary N) is 1. The van der Waals surface area contributed by atoms with Crippen molar-refractivity contribution in [2.45, 2.75) is 83.5 Å². The molecule has 12 heteroatoms. The largest absolute Gasteiger partial charge is 0.445 e. The van der Waals surface area contributed by atoms with Gasteiger partial charge in [0, 0.05) is 19.1 Å². The third-order valence-corrected chi connectivity index (χ3v) is 7.29. The fourth-order valence-electron chi connectivity index (χ4n) is 5.28. The van der Waals surface area contributed by atoms with Gasteiger partial charge in [0.25, 0.3) is 0 Å². The highest BCUT2D eigenvalue weighted by Gasteiger charge is 2.56. The zero-order valence-corrected chi connectivity index (χ0v) is 23.5. The third kappa shape index (κ3) is 6.35. The Morgan fingerprint density at radius 1 is 1.15 bits per heavy atom. The zero-order valence-electron chi connectivity index (χ0n) is 23.5. The molecule has 4 heterocycles. The first kappa shape index (κ1) is 28.2. The fraction of sp³-hybridized carbons (Fsp3) is 0.571. The van der Waals surface area contributed by atoms with Crippen LogP contribution < -0.4 is 11.1 Å². The predicted octanol–water partition coefficient (Wildman–Crippen LogP) is 3.24. The first-order valence-electron chi connectivity index (χ1n) is 13.8. The quantitative estimate of drug-likeness (QED) is 0.340. The van der Waals surface area contributed by atoms with Crippen molar-refractivity contribution in [3.8, 4) is 0 Å². The SMILES string of the molecule is CC(C)N(CCCCNC(=O)OCc1ccccc1)C[C@H]1O[C@@H](n2cnc3c(N)ncnc32)[C@@H]2OC(C)(C)O[C@@H]21. The Morgan fingerprint density at radius 2 is 1.93 bits per heavy atom. The van der Waals surface area contributed by atoms with Crippen molar-refractivity contribution in [1.82, 2.24) is 29.7 Å². The molecule has 2 aliphatic rings. The van der Waals surface area contributed by atoms with Gasteiger partial charge in [0.1, 0.15) is 36.8 Å². The minimum Gasteiger partial charge on any atom is -0.445 e. The molecule has 3 aromatic rings. The maximum atomic E-state index is 12.0. The van der Waals surface area contributed by atoms with Gasteiger partial charge < -0.3 is 30.0 Å². The van der Waals surface area contributed by atoms with Gasteiger partial charge in [0.2, 0.25) is 0 Å². The predicted molar refractivity (Wildman–Crippen MR) is 148 cm³/mol. The smallest absolute Gasteiger partial charge is 0.407 e. The molecule has 3 N–H and O–H groups in total. The highest BCUT2D eigenvalue weighted by molar-refractivity contribution is 5.81. The number of nitrogen functional groups attached to an aromatic ring is 1. The molecule has 40 heavy (non-hydrogen) atoms. The molecule has 0 spiro atoms. The molecule has 2 saturated heterocycles. The number of hydrogen-bond donors (Lipinski definition) is 2. The van der Waals surface area contributed by atoms with Crippen LogP contribution in [0.15, 0.2) is 43.0 Å². The molecule has 1 amide bonds. The number of hydrogen-bond acceptors (Lipinski definition) is 10. The second-order valence-electron chi connectivity index (χ2n) is 11.0. The molecule has 1 aromatic carbocycles. The number of amides is 1. The van der Waals surface area contributed by atoms with E-state index in [0.29, 0.717) is 36.1 Å². The standard InChI is InChI=1S/C28H39N7O5/c1-18(2)34(13-9-8-12-30-27(36)37-15-19-10-6-5-7-11-19)14-20-22-23(40-28(3,4)39-22)26(38-20)35-17-33-21-24(29)31-16-32-25(21)35/h5-7,10-11,16-18,20,22-23,26H,8-9,12-15H2,1-4H3,(H,30,36)(H2,29,31,32)/t20-,22-,23-,26-/m1/s1. The number of ether oxygens (including phenoxy) is 4. The van der Waals surface area contributed by atoms with Gasteiger partial charge >= 0.3 is 6.09 Å². The number of aromatic nitrogens is 4. The number of alkyl carbamates (subject to hydrolysis) is 1. The topological polar surface area (TPSA) is 139 Å². The van der Waals surface area contributed by atoms with E-state index in [2.05, 4.69) is 39.0 Å². The van der Waals surface area contributed by atoms with E-state index in [-0.39, 0.29) is 24.9 Å². The van der Waals surface area contributed by atoms with Gasteiger partial charge in [-0.2, -0.15) is 0 Å². The van der Waals surface area contributed by atoms with Crippen molar-refractivity contribution < 1.29 is 23.7 Å². The van der Waals surface area contributed by atoms with Gasteiger partial charge in [-0.05, 0) is 52.6 Å². The van der Waals surface area contributed by atoms with Crippen LogP contribution >= 0.6 is 0 Å². The number of nitrogens with zero attached hydrogens (tertiary/aromatic N) is 5. The summed E-state index contributed by atoms with van der Waals surface area (Å²) in [4.78, 5) is 27.3. The van der Waals surface area contributed by atoms with Crippen molar-refractivity contribution in [2.24, 2.45) is 0 Å². The van der Waals surface area contributed by atoms with Crippen molar-refractivity contribution >= 4 is 23.1 Å². The number of anilines is 1. The molecule has 0 saturated carbocycles. The summed E-state index contributed by atoms with van der Waals surface area (Å²) in [6.07, 6.45) is 3.18. The van der Waals surface area contributed by atoms with E-state index in [1.807, 2.05) is 48.7 Å². The lowest BCUT2D eigenvalue weighted by atomic mass is 10.1. The number of nitrogens with one attached hydrogen (secondary N) is 1. The van der Waals surface area contributed by atoms with Gasteiger partial charge in [-0.1, -0.05) is 30.3 Å². The summed E-state index contributed by atoms with van der Waals surface area (Å²) in [7, 11) is 0. The number of benzene rings is 1. The van der Waals surface area contributed by atoms with Gasteiger partial charge in [0.05, 0.1) is 6.33 Å². The molecule has 0 unspecified atom stereocenters. The van der Waals surface area contributed by atoms with Crippen LogP contribution in [-0.4, -0.2) is 80.3 Å². The maximum absolute atomic E-state index is 12.0. The van der Waals surface area contributed by atoms with Crippen LogP contribution in [0.2, 0.25) is 0 Å². The Bertz CT molecular complexity index is 1280. The maximum Gasteiger partial charge on any atom is 0.407 e. The molecule has 0 aliphatic carbocycles. The van der Waals surface area contributed by atoms with Crippen LogP contribution in [-0.2, 0) is 25.6 Å². The molecule has 216 valence electrons. The molecule has 5 rings (SSSR count). The molecule has 2 aromatic heterocycles. The first-order valence-corrected chi connectivity index (χ1v) is 13.8. The lowest BCUT2D eigenvalue weighted by Crippen LogP contribution is -2.43. The Kier molecular flexibility index (Phi) is 8.50. The number of rotatable bonds is 11. The Morgan fingerprint density at radius 3 is 2.70 bits per heavy atom. The summed E-state index contributed by atoms with van der Waals surface area (Å²) >= 11 is 0. The molecular weight excluding hydrogens is 514 g/mol. The highest BCUT2D eigenvalue weighted by Crippen LogP contribution is 2.44. The Labute approximate surface area is 234 Å². The van der Waals surface area contributed by atoms with E-state index >= 15 is 0 Å². The second kappa shape index (κ2) is 12.0. The number of unbranched alkanes of at least 4 members (excludes halogenated alkanes) is 1. The number of carbonyl (C=O) groups excluding carboxylic acids is 1.